The van der Waals surface area contributed by atoms with E-state index in [2.05, 4.69) is 16.7 Å². The van der Waals surface area contributed by atoms with E-state index in [4.69, 9.17) is 0 Å². The fourth-order valence-electron chi connectivity index (χ4n) is 1.96. The number of hydrogen-bond acceptors (Lipinski definition) is 3. The summed E-state index contributed by atoms with van der Waals surface area (Å²) in [6, 6.07) is 5.95. The fourth-order valence-corrected chi connectivity index (χ4v) is 1.96. The molecule has 0 radical (unpaired) electrons. The van der Waals surface area contributed by atoms with Gasteiger partial charge in [-0.3, -0.25) is 4.79 Å². The minimum Gasteiger partial charge on any atom is -0.388 e. The molecule has 0 aliphatic carbocycles. The van der Waals surface area contributed by atoms with Gasteiger partial charge in [0.25, 0.3) is 0 Å². The lowest BCUT2D eigenvalue weighted by Crippen LogP contribution is -2.35. The second-order valence-electron chi connectivity index (χ2n) is 4.18. The van der Waals surface area contributed by atoms with Crippen molar-refractivity contribution in [2.24, 2.45) is 0 Å². The maximum atomic E-state index is 11.8. The van der Waals surface area contributed by atoms with Gasteiger partial charge in [0, 0.05) is 32.0 Å². The van der Waals surface area contributed by atoms with Crippen LogP contribution in [0.1, 0.15) is 12.5 Å². The molecule has 1 aromatic rings. The number of fused-ring (bicyclic) bond motifs is 1. The predicted octanol–water partition coefficient (Wildman–Crippen LogP) is 1.50. The van der Waals surface area contributed by atoms with Crippen LogP contribution in [0.2, 0.25) is 0 Å². The Hall–Kier alpha value is -1.71. The largest absolute Gasteiger partial charge is 0.388 e. The number of rotatable bonds is 1. The topological polar surface area (TPSA) is 44.4 Å². The van der Waals surface area contributed by atoms with Gasteiger partial charge < -0.3 is 15.5 Å². The maximum absolute atomic E-state index is 11.8. The standard InChI is InChI=1S/C12H17N3O/c1-8-12(16)15(3)7-9-4-5-10(13-2)6-11(9)14-8/h4-6,8,13-14H,7H2,1-3H3. The van der Waals surface area contributed by atoms with Crippen LogP contribution in [0.3, 0.4) is 0 Å². The van der Waals surface area contributed by atoms with Crippen LogP contribution < -0.4 is 10.6 Å². The third-order valence-corrected chi connectivity index (χ3v) is 2.92. The molecule has 86 valence electrons. The molecule has 16 heavy (non-hydrogen) atoms. The van der Waals surface area contributed by atoms with Gasteiger partial charge in [-0.1, -0.05) is 6.07 Å². The lowest BCUT2D eigenvalue weighted by atomic mass is 10.1. The summed E-state index contributed by atoms with van der Waals surface area (Å²) in [5, 5.41) is 6.34. The lowest BCUT2D eigenvalue weighted by molar-refractivity contribution is -0.130. The summed E-state index contributed by atoms with van der Waals surface area (Å²) in [4.78, 5) is 13.6. The Morgan fingerprint density at radius 2 is 2.25 bits per heavy atom. The molecule has 2 N–H and O–H groups in total. The van der Waals surface area contributed by atoms with Crippen LogP contribution in [0.25, 0.3) is 0 Å². The summed E-state index contributed by atoms with van der Waals surface area (Å²) in [6.07, 6.45) is 0. The predicted molar refractivity (Wildman–Crippen MR) is 65.5 cm³/mol. The molecule has 0 aromatic heterocycles. The molecular formula is C12H17N3O. The average Bonchev–Trinajstić information content (AvgIpc) is 2.38. The van der Waals surface area contributed by atoms with Crippen molar-refractivity contribution in [2.45, 2.75) is 19.5 Å². The molecule has 2 rings (SSSR count). The third-order valence-electron chi connectivity index (χ3n) is 2.92. The molecule has 0 spiro atoms. The molecule has 4 heteroatoms. The van der Waals surface area contributed by atoms with E-state index < -0.39 is 0 Å². The first kappa shape index (κ1) is 10.8. The van der Waals surface area contributed by atoms with Crippen LogP contribution in [0, 0.1) is 0 Å². The number of benzene rings is 1. The number of amides is 1. The Morgan fingerprint density at radius 3 is 2.94 bits per heavy atom. The first-order valence-electron chi connectivity index (χ1n) is 5.44. The Morgan fingerprint density at radius 1 is 1.50 bits per heavy atom. The number of anilines is 2. The van der Waals surface area contributed by atoms with E-state index in [-0.39, 0.29) is 11.9 Å². The summed E-state index contributed by atoms with van der Waals surface area (Å²) < 4.78 is 0. The number of carbonyl (C=O) groups excluding carboxylic acids is 1. The van der Waals surface area contributed by atoms with Gasteiger partial charge in [-0.05, 0) is 24.6 Å². The Balaban J connectivity index is 2.39. The molecule has 0 bridgehead atoms. The molecule has 4 nitrogen and oxygen atoms in total. The zero-order valence-corrected chi connectivity index (χ0v) is 9.87. The first-order chi connectivity index (χ1) is 7.61. The minimum absolute atomic E-state index is 0.127. The second-order valence-corrected chi connectivity index (χ2v) is 4.18. The monoisotopic (exact) mass is 219 g/mol. The minimum atomic E-state index is -0.168. The summed E-state index contributed by atoms with van der Waals surface area (Å²) in [5.74, 6) is 0.127. The molecule has 1 aliphatic rings. The van der Waals surface area contributed by atoms with Crippen molar-refractivity contribution in [1.82, 2.24) is 4.90 Å². The highest BCUT2D eigenvalue weighted by molar-refractivity contribution is 5.86. The summed E-state index contributed by atoms with van der Waals surface area (Å²) in [5.41, 5.74) is 3.24. The van der Waals surface area contributed by atoms with Crippen LogP contribution >= 0.6 is 0 Å². The molecule has 0 saturated heterocycles. The van der Waals surface area contributed by atoms with E-state index >= 15 is 0 Å². The highest BCUT2D eigenvalue weighted by atomic mass is 16.2. The van der Waals surface area contributed by atoms with Crippen molar-refractivity contribution in [1.29, 1.82) is 0 Å². The van der Waals surface area contributed by atoms with Gasteiger partial charge in [-0.15, -0.1) is 0 Å². The van der Waals surface area contributed by atoms with E-state index in [0.29, 0.717) is 6.54 Å². The maximum Gasteiger partial charge on any atom is 0.244 e. The van der Waals surface area contributed by atoms with Crippen molar-refractivity contribution in [2.75, 3.05) is 24.7 Å². The van der Waals surface area contributed by atoms with Crippen molar-refractivity contribution >= 4 is 17.3 Å². The number of carbonyl (C=O) groups is 1. The van der Waals surface area contributed by atoms with E-state index in [1.54, 1.807) is 4.90 Å². The summed E-state index contributed by atoms with van der Waals surface area (Å²) in [7, 11) is 3.72. The number of hydrogen-bond donors (Lipinski definition) is 2. The molecule has 1 atom stereocenters. The van der Waals surface area contributed by atoms with Crippen molar-refractivity contribution < 1.29 is 4.79 Å². The van der Waals surface area contributed by atoms with Gasteiger partial charge in [-0.2, -0.15) is 0 Å². The quantitative estimate of drug-likeness (QED) is 0.752. The van der Waals surface area contributed by atoms with Crippen molar-refractivity contribution in [3.05, 3.63) is 23.8 Å². The zero-order chi connectivity index (χ0) is 11.7. The van der Waals surface area contributed by atoms with Crippen LogP contribution in [0.4, 0.5) is 11.4 Å². The average molecular weight is 219 g/mol. The zero-order valence-electron chi connectivity index (χ0n) is 9.87. The first-order valence-corrected chi connectivity index (χ1v) is 5.44. The Bertz CT molecular complexity index is 417. The number of likely N-dealkylation sites (N-methyl/N-ethyl adjacent to an activating group) is 1. The van der Waals surface area contributed by atoms with Crippen molar-refractivity contribution in [3.8, 4) is 0 Å². The highest BCUT2D eigenvalue weighted by Crippen LogP contribution is 2.25. The third kappa shape index (κ3) is 1.83. The number of nitrogens with one attached hydrogen (secondary N) is 2. The summed E-state index contributed by atoms with van der Waals surface area (Å²) >= 11 is 0. The van der Waals surface area contributed by atoms with Crippen molar-refractivity contribution in [3.63, 3.8) is 0 Å². The smallest absolute Gasteiger partial charge is 0.244 e. The molecule has 0 saturated carbocycles. The lowest BCUT2D eigenvalue weighted by Gasteiger charge is -2.16. The summed E-state index contributed by atoms with van der Waals surface area (Å²) in [6.45, 7) is 2.55. The van der Waals surface area contributed by atoms with Gasteiger partial charge in [0.05, 0.1) is 0 Å². The molecule has 1 unspecified atom stereocenters. The van der Waals surface area contributed by atoms with Gasteiger partial charge in [0.15, 0.2) is 0 Å². The molecule has 1 amide bonds. The van der Waals surface area contributed by atoms with Gasteiger partial charge >= 0.3 is 0 Å². The second kappa shape index (κ2) is 4.04. The van der Waals surface area contributed by atoms with Gasteiger partial charge in [-0.25, -0.2) is 0 Å². The van der Waals surface area contributed by atoms with E-state index in [1.807, 2.05) is 33.2 Å². The molecular weight excluding hydrogens is 202 g/mol. The van der Waals surface area contributed by atoms with Crippen LogP contribution in [-0.2, 0) is 11.3 Å². The molecule has 1 aliphatic heterocycles. The van der Waals surface area contributed by atoms with Crippen LogP contribution in [0.5, 0.6) is 0 Å². The normalized spacial score (nSPS) is 19.8. The van der Waals surface area contributed by atoms with Gasteiger partial charge in [0.1, 0.15) is 6.04 Å². The highest BCUT2D eigenvalue weighted by Gasteiger charge is 2.23. The Kier molecular flexibility index (Phi) is 2.73. The molecule has 1 aromatic carbocycles. The molecule has 0 fully saturated rings. The SMILES string of the molecule is CNc1ccc2c(c1)NC(C)C(=O)N(C)C2. The van der Waals surface area contributed by atoms with Crippen LogP contribution in [-0.4, -0.2) is 30.9 Å². The van der Waals surface area contributed by atoms with E-state index in [9.17, 15) is 4.79 Å². The van der Waals surface area contributed by atoms with E-state index in [0.717, 1.165) is 16.9 Å². The van der Waals surface area contributed by atoms with Crippen LogP contribution in [0.15, 0.2) is 18.2 Å². The number of nitrogens with zero attached hydrogens (tertiary/aromatic N) is 1. The Labute approximate surface area is 95.6 Å². The molecule has 1 heterocycles. The fraction of sp³-hybridized carbons (Fsp3) is 0.417. The van der Waals surface area contributed by atoms with Gasteiger partial charge in [0.2, 0.25) is 5.91 Å². The van der Waals surface area contributed by atoms with E-state index in [1.165, 1.54) is 0 Å².